The van der Waals surface area contributed by atoms with Crippen LogP contribution in [0.3, 0.4) is 0 Å². The Morgan fingerprint density at radius 2 is 2.44 bits per heavy atom. The van der Waals surface area contributed by atoms with Gasteiger partial charge in [-0.15, -0.1) is 0 Å². The molecule has 84 valence electrons. The maximum absolute atomic E-state index is 11.8. The lowest BCUT2D eigenvalue weighted by atomic mass is 10.3. The molecule has 0 bridgehead atoms. The molecule has 0 aromatic carbocycles. The van der Waals surface area contributed by atoms with Crippen molar-refractivity contribution in [1.29, 1.82) is 0 Å². The minimum absolute atomic E-state index is 0.115. The number of rotatable bonds is 2. The second-order valence-corrected chi connectivity index (χ2v) is 5.06. The Balaban J connectivity index is 1.63. The fourth-order valence-corrected chi connectivity index (χ4v) is 2.41. The normalized spacial score (nSPS) is 30.9. The van der Waals surface area contributed by atoms with Crippen LogP contribution in [0, 0.1) is 5.92 Å². The van der Waals surface area contributed by atoms with Crippen molar-refractivity contribution >= 4 is 21.8 Å². The third kappa shape index (κ3) is 1.74. The van der Waals surface area contributed by atoms with E-state index in [9.17, 15) is 4.79 Å². The lowest BCUT2D eigenvalue weighted by Gasteiger charge is -2.06. The summed E-state index contributed by atoms with van der Waals surface area (Å²) in [7, 11) is 0. The maximum atomic E-state index is 11.8. The van der Waals surface area contributed by atoms with Crippen molar-refractivity contribution in [3.63, 3.8) is 0 Å². The standard InChI is InChI=1S/C11H11BrN2O2/c12-6-1-2-8(13-5-6)11(15)14-9-7-3-4-16-10(7)9/h1-2,5,7,9-10H,3-4H2,(H,14,15). The van der Waals surface area contributed by atoms with E-state index in [0.29, 0.717) is 11.6 Å². The highest BCUT2D eigenvalue weighted by atomic mass is 79.9. The summed E-state index contributed by atoms with van der Waals surface area (Å²) in [6.45, 7) is 0.832. The van der Waals surface area contributed by atoms with Gasteiger partial charge in [-0.1, -0.05) is 0 Å². The fraction of sp³-hybridized carbons (Fsp3) is 0.455. The molecule has 0 spiro atoms. The zero-order valence-electron chi connectivity index (χ0n) is 8.52. The molecule has 0 radical (unpaired) electrons. The topological polar surface area (TPSA) is 51.2 Å². The monoisotopic (exact) mass is 282 g/mol. The SMILES string of the molecule is O=C(NC1C2CCOC21)c1ccc(Br)cn1. The van der Waals surface area contributed by atoms with E-state index < -0.39 is 0 Å². The predicted molar refractivity (Wildman–Crippen MR) is 61.0 cm³/mol. The predicted octanol–water partition coefficient (Wildman–Crippen LogP) is 1.36. The second-order valence-electron chi connectivity index (χ2n) is 4.15. The number of amides is 1. The van der Waals surface area contributed by atoms with Crippen molar-refractivity contribution in [2.45, 2.75) is 18.6 Å². The van der Waals surface area contributed by atoms with Crippen LogP contribution >= 0.6 is 15.9 Å². The van der Waals surface area contributed by atoms with Crippen molar-refractivity contribution < 1.29 is 9.53 Å². The Morgan fingerprint density at radius 1 is 1.56 bits per heavy atom. The average Bonchev–Trinajstić information content (AvgIpc) is 2.75. The molecule has 5 heteroatoms. The molecule has 2 aliphatic rings. The van der Waals surface area contributed by atoms with Crippen LogP contribution in [0.1, 0.15) is 16.9 Å². The highest BCUT2D eigenvalue weighted by Gasteiger charge is 2.55. The minimum Gasteiger partial charge on any atom is -0.376 e. The number of aromatic nitrogens is 1. The van der Waals surface area contributed by atoms with Gasteiger partial charge in [0.2, 0.25) is 0 Å². The summed E-state index contributed by atoms with van der Waals surface area (Å²) >= 11 is 3.28. The summed E-state index contributed by atoms with van der Waals surface area (Å²) in [4.78, 5) is 15.8. The van der Waals surface area contributed by atoms with Gasteiger partial charge in [0.15, 0.2) is 0 Å². The summed E-state index contributed by atoms with van der Waals surface area (Å²) in [6.07, 6.45) is 2.93. The minimum atomic E-state index is -0.115. The molecular formula is C11H11BrN2O2. The second kappa shape index (κ2) is 3.82. The van der Waals surface area contributed by atoms with Gasteiger partial charge in [-0.25, -0.2) is 4.98 Å². The van der Waals surface area contributed by atoms with Gasteiger partial charge in [0.25, 0.3) is 5.91 Å². The molecule has 3 unspecified atom stereocenters. The first kappa shape index (κ1) is 10.2. The largest absolute Gasteiger partial charge is 0.376 e. The smallest absolute Gasteiger partial charge is 0.270 e. The van der Waals surface area contributed by atoms with E-state index >= 15 is 0 Å². The molecule has 1 aliphatic heterocycles. The number of pyridine rings is 1. The van der Waals surface area contributed by atoms with E-state index in [1.165, 1.54) is 0 Å². The van der Waals surface area contributed by atoms with Gasteiger partial charge in [0.1, 0.15) is 5.69 Å². The molecular weight excluding hydrogens is 272 g/mol. The zero-order chi connectivity index (χ0) is 11.1. The molecule has 2 heterocycles. The van der Waals surface area contributed by atoms with Crippen LogP contribution in [-0.4, -0.2) is 29.6 Å². The maximum Gasteiger partial charge on any atom is 0.270 e. The van der Waals surface area contributed by atoms with Crippen LogP contribution in [0.4, 0.5) is 0 Å². The molecule has 1 aliphatic carbocycles. The number of halogens is 1. The number of ether oxygens (including phenoxy) is 1. The molecule has 4 nitrogen and oxygen atoms in total. The van der Waals surface area contributed by atoms with Crippen LogP contribution in [0.5, 0.6) is 0 Å². The molecule has 2 fully saturated rings. The van der Waals surface area contributed by atoms with E-state index in [-0.39, 0.29) is 18.1 Å². The van der Waals surface area contributed by atoms with Gasteiger partial charge in [0.05, 0.1) is 12.1 Å². The van der Waals surface area contributed by atoms with E-state index in [4.69, 9.17) is 4.74 Å². The van der Waals surface area contributed by atoms with E-state index in [0.717, 1.165) is 17.5 Å². The Morgan fingerprint density at radius 3 is 3.06 bits per heavy atom. The first-order valence-corrected chi connectivity index (χ1v) is 6.09. The van der Waals surface area contributed by atoms with E-state index in [1.54, 1.807) is 12.3 Å². The molecule has 1 amide bonds. The highest BCUT2D eigenvalue weighted by molar-refractivity contribution is 9.10. The van der Waals surface area contributed by atoms with Crippen molar-refractivity contribution in [2.75, 3.05) is 6.61 Å². The summed E-state index contributed by atoms with van der Waals surface area (Å²) < 4.78 is 6.32. The number of hydrogen-bond acceptors (Lipinski definition) is 3. The van der Waals surface area contributed by atoms with Gasteiger partial charge in [-0.2, -0.15) is 0 Å². The fourth-order valence-electron chi connectivity index (χ4n) is 2.18. The van der Waals surface area contributed by atoms with Crippen molar-refractivity contribution in [2.24, 2.45) is 5.92 Å². The van der Waals surface area contributed by atoms with Gasteiger partial charge >= 0.3 is 0 Å². The number of nitrogens with zero attached hydrogens (tertiary/aromatic N) is 1. The molecule has 1 aromatic rings. The van der Waals surface area contributed by atoms with Gasteiger partial charge < -0.3 is 10.1 Å². The van der Waals surface area contributed by atoms with E-state index in [2.05, 4.69) is 26.2 Å². The molecule has 3 atom stereocenters. The lowest BCUT2D eigenvalue weighted by Crippen LogP contribution is -2.30. The van der Waals surface area contributed by atoms with Crippen molar-refractivity contribution in [3.8, 4) is 0 Å². The van der Waals surface area contributed by atoms with E-state index in [1.807, 2.05) is 6.07 Å². The van der Waals surface area contributed by atoms with Crippen LogP contribution in [0.2, 0.25) is 0 Å². The molecule has 1 aromatic heterocycles. The van der Waals surface area contributed by atoms with Gasteiger partial charge in [0, 0.05) is 23.2 Å². The Bertz CT molecular complexity index is 410. The number of carbonyl (C=O) groups is 1. The number of nitrogens with one attached hydrogen (secondary N) is 1. The van der Waals surface area contributed by atoms with Crippen LogP contribution in [-0.2, 0) is 4.74 Å². The number of hydrogen-bond donors (Lipinski definition) is 1. The third-order valence-electron chi connectivity index (χ3n) is 3.12. The third-order valence-corrected chi connectivity index (χ3v) is 3.58. The highest BCUT2D eigenvalue weighted by Crippen LogP contribution is 2.42. The lowest BCUT2D eigenvalue weighted by molar-refractivity contribution is 0.0911. The van der Waals surface area contributed by atoms with Gasteiger partial charge in [-0.05, 0) is 34.5 Å². The average molecular weight is 283 g/mol. The van der Waals surface area contributed by atoms with Crippen molar-refractivity contribution in [3.05, 3.63) is 28.5 Å². The van der Waals surface area contributed by atoms with Crippen LogP contribution in [0.25, 0.3) is 0 Å². The van der Waals surface area contributed by atoms with Crippen LogP contribution < -0.4 is 5.32 Å². The number of carbonyl (C=O) groups excluding carboxylic acids is 1. The summed E-state index contributed by atoms with van der Waals surface area (Å²) in [5.74, 6) is 0.412. The molecule has 1 N–H and O–H groups in total. The first-order chi connectivity index (χ1) is 7.75. The Kier molecular flexibility index (Phi) is 2.44. The van der Waals surface area contributed by atoms with Gasteiger partial charge in [-0.3, -0.25) is 4.79 Å². The molecule has 1 saturated heterocycles. The molecule has 1 saturated carbocycles. The van der Waals surface area contributed by atoms with Crippen LogP contribution in [0.15, 0.2) is 22.8 Å². The first-order valence-electron chi connectivity index (χ1n) is 5.30. The summed E-state index contributed by atoms with van der Waals surface area (Å²) in [6, 6.07) is 3.72. The zero-order valence-corrected chi connectivity index (χ0v) is 10.1. The summed E-state index contributed by atoms with van der Waals surface area (Å²) in [5.41, 5.74) is 0.452. The summed E-state index contributed by atoms with van der Waals surface area (Å²) in [5, 5.41) is 2.95. The molecule has 3 rings (SSSR count). The van der Waals surface area contributed by atoms with Crippen molar-refractivity contribution in [1.82, 2.24) is 10.3 Å². The quantitative estimate of drug-likeness (QED) is 0.891. The Labute approximate surface area is 102 Å². The number of fused-ring (bicyclic) bond motifs is 1. The molecule has 16 heavy (non-hydrogen) atoms. The Hall–Kier alpha value is -0.940.